The number of aryl methyl sites for hydroxylation is 1. The Bertz CT molecular complexity index is 727. The molecule has 0 aliphatic carbocycles. The quantitative estimate of drug-likeness (QED) is 0.588. The number of anilines is 1. The minimum atomic E-state index is -0.496. The van der Waals surface area contributed by atoms with E-state index in [1.54, 1.807) is 0 Å². The molecule has 0 fully saturated rings. The van der Waals surface area contributed by atoms with Crippen molar-refractivity contribution in [3.63, 3.8) is 0 Å². The molecule has 2 amide bonds. The predicted octanol–water partition coefficient (Wildman–Crippen LogP) is 2.94. The average molecular weight is 375 g/mol. The SMILES string of the molecule is CCCC(N)C(=O)Nc1nc(-c2ccc(CCCNC(C)=O)cc2)cs1. The first kappa shape index (κ1) is 20.1. The van der Waals surface area contributed by atoms with Gasteiger partial charge in [-0.1, -0.05) is 37.6 Å². The maximum atomic E-state index is 12.0. The van der Waals surface area contributed by atoms with Crippen LogP contribution in [0.25, 0.3) is 11.3 Å². The number of rotatable bonds is 9. The molecule has 0 bridgehead atoms. The van der Waals surface area contributed by atoms with Gasteiger partial charge in [0.1, 0.15) is 0 Å². The van der Waals surface area contributed by atoms with Crippen LogP contribution < -0.4 is 16.4 Å². The zero-order valence-electron chi connectivity index (χ0n) is 15.2. The summed E-state index contributed by atoms with van der Waals surface area (Å²) in [6.07, 6.45) is 3.35. The number of amides is 2. The van der Waals surface area contributed by atoms with Crippen LogP contribution in [-0.4, -0.2) is 29.4 Å². The number of nitrogens with two attached hydrogens (primary N) is 1. The van der Waals surface area contributed by atoms with Crippen molar-refractivity contribution in [2.75, 3.05) is 11.9 Å². The smallest absolute Gasteiger partial charge is 0.243 e. The standard InChI is InChI=1S/C19H26N4O2S/c1-3-5-16(20)18(25)23-19-22-17(12-26-19)15-9-7-14(8-10-15)6-4-11-21-13(2)24/h7-10,12,16H,3-6,11,20H2,1-2H3,(H,21,24)(H,22,23,25). The van der Waals surface area contributed by atoms with E-state index in [2.05, 4.69) is 27.8 Å². The van der Waals surface area contributed by atoms with Gasteiger partial charge >= 0.3 is 0 Å². The highest BCUT2D eigenvalue weighted by atomic mass is 32.1. The van der Waals surface area contributed by atoms with Crippen LogP contribution >= 0.6 is 11.3 Å². The molecule has 26 heavy (non-hydrogen) atoms. The summed E-state index contributed by atoms with van der Waals surface area (Å²) >= 11 is 1.39. The fraction of sp³-hybridized carbons (Fsp3) is 0.421. The summed E-state index contributed by atoms with van der Waals surface area (Å²) in [6, 6.07) is 7.69. The van der Waals surface area contributed by atoms with Gasteiger partial charge in [0, 0.05) is 24.4 Å². The molecule has 1 heterocycles. The minimum Gasteiger partial charge on any atom is -0.356 e. The summed E-state index contributed by atoms with van der Waals surface area (Å²) in [6.45, 7) is 4.21. The fourth-order valence-electron chi connectivity index (χ4n) is 2.50. The Balaban J connectivity index is 1.90. The molecule has 1 unspecified atom stereocenters. The molecule has 6 nitrogen and oxygen atoms in total. The van der Waals surface area contributed by atoms with E-state index in [0.717, 1.165) is 30.5 Å². The lowest BCUT2D eigenvalue weighted by Gasteiger charge is -2.08. The van der Waals surface area contributed by atoms with Crippen molar-refractivity contribution in [2.45, 2.75) is 45.6 Å². The van der Waals surface area contributed by atoms with Crippen LogP contribution in [0.5, 0.6) is 0 Å². The van der Waals surface area contributed by atoms with E-state index in [9.17, 15) is 9.59 Å². The molecule has 2 aromatic rings. The molecule has 0 saturated heterocycles. The molecule has 7 heteroatoms. The Morgan fingerprint density at radius 1 is 1.27 bits per heavy atom. The van der Waals surface area contributed by atoms with Crippen LogP contribution in [0.4, 0.5) is 5.13 Å². The predicted molar refractivity (Wildman–Crippen MR) is 106 cm³/mol. The average Bonchev–Trinajstić information content (AvgIpc) is 3.07. The van der Waals surface area contributed by atoms with E-state index in [1.165, 1.54) is 23.8 Å². The van der Waals surface area contributed by atoms with E-state index in [-0.39, 0.29) is 11.8 Å². The van der Waals surface area contributed by atoms with Crippen LogP contribution in [0, 0.1) is 0 Å². The Kier molecular flexibility index (Phi) is 7.74. The number of carbonyl (C=O) groups is 2. The lowest BCUT2D eigenvalue weighted by molar-refractivity contribution is -0.119. The first-order valence-electron chi connectivity index (χ1n) is 8.85. The van der Waals surface area contributed by atoms with Crippen molar-refractivity contribution in [2.24, 2.45) is 5.73 Å². The van der Waals surface area contributed by atoms with Crippen molar-refractivity contribution in [3.8, 4) is 11.3 Å². The molecule has 2 rings (SSSR count). The Morgan fingerprint density at radius 3 is 2.65 bits per heavy atom. The Morgan fingerprint density at radius 2 is 2.00 bits per heavy atom. The summed E-state index contributed by atoms with van der Waals surface area (Å²) in [5, 5.41) is 8.07. The molecule has 0 aliphatic heterocycles. The van der Waals surface area contributed by atoms with Crippen LogP contribution in [0.15, 0.2) is 29.6 Å². The topological polar surface area (TPSA) is 97.1 Å². The number of thiazole rings is 1. The second-order valence-electron chi connectivity index (χ2n) is 6.21. The second-order valence-corrected chi connectivity index (χ2v) is 7.06. The molecular formula is C19H26N4O2S. The van der Waals surface area contributed by atoms with Crippen LogP contribution in [0.3, 0.4) is 0 Å². The molecule has 140 valence electrons. The van der Waals surface area contributed by atoms with Gasteiger partial charge in [-0.15, -0.1) is 11.3 Å². The van der Waals surface area contributed by atoms with Crippen molar-refractivity contribution in [3.05, 3.63) is 35.2 Å². The zero-order chi connectivity index (χ0) is 18.9. The normalized spacial score (nSPS) is 11.8. The van der Waals surface area contributed by atoms with Crippen molar-refractivity contribution in [1.29, 1.82) is 0 Å². The third kappa shape index (κ3) is 6.24. The first-order chi connectivity index (χ1) is 12.5. The van der Waals surface area contributed by atoms with Gasteiger partial charge in [0.05, 0.1) is 11.7 Å². The number of carbonyl (C=O) groups excluding carboxylic acids is 2. The van der Waals surface area contributed by atoms with E-state index < -0.39 is 6.04 Å². The lowest BCUT2D eigenvalue weighted by atomic mass is 10.1. The van der Waals surface area contributed by atoms with Crippen molar-refractivity contribution in [1.82, 2.24) is 10.3 Å². The van der Waals surface area contributed by atoms with Crippen LogP contribution in [0.1, 0.15) is 38.7 Å². The lowest BCUT2D eigenvalue weighted by Crippen LogP contribution is -2.35. The molecule has 4 N–H and O–H groups in total. The number of hydrogen-bond donors (Lipinski definition) is 3. The molecular weight excluding hydrogens is 348 g/mol. The number of hydrogen-bond acceptors (Lipinski definition) is 5. The number of aromatic nitrogens is 1. The summed E-state index contributed by atoms with van der Waals surface area (Å²) in [7, 11) is 0. The van der Waals surface area contributed by atoms with Gasteiger partial charge in [-0.3, -0.25) is 9.59 Å². The van der Waals surface area contributed by atoms with Gasteiger partial charge in [0.25, 0.3) is 0 Å². The molecule has 1 aromatic carbocycles. The summed E-state index contributed by atoms with van der Waals surface area (Å²) < 4.78 is 0. The van der Waals surface area contributed by atoms with Gasteiger partial charge in [0.15, 0.2) is 5.13 Å². The van der Waals surface area contributed by atoms with Gasteiger partial charge in [-0.25, -0.2) is 4.98 Å². The number of nitrogens with one attached hydrogen (secondary N) is 2. The fourth-order valence-corrected chi connectivity index (χ4v) is 3.23. The third-order valence-electron chi connectivity index (χ3n) is 3.94. The molecule has 0 saturated carbocycles. The van der Waals surface area contributed by atoms with E-state index in [4.69, 9.17) is 5.73 Å². The second kappa shape index (κ2) is 10.0. The maximum Gasteiger partial charge on any atom is 0.243 e. The van der Waals surface area contributed by atoms with Gasteiger partial charge in [-0.05, 0) is 24.8 Å². The van der Waals surface area contributed by atoms with Crippen LogP contribution in [0.2, 0.25) is 0 Å². The highest BCUT2D eigenvalue weighted by Gasteiger charge is 2.14. The van der Waals surface area contributed by atoms with Crippen molar-refractivity contribution < 1.29 is 9.59 Å². The third-order valence-corrected chi connectivity index (χ3v) is 4.69. The highest BCUT2D eigenvalue weighted by Crippen LogP contribution is 2.25. The maximum absolute atomic E-state index is 12.0. The summed E-state index contributed by atoms with van der Waals surface area (Å²) in [5.41, 5.74) is 8.87. The summed E-state index contributed by atoms with van der Waals surface area (Å²) in [4.78, 5) is 27.3. The van der Waals surface area contributed by atoms with Gasteiger partial charge < -0.3 is 16.4 Å². The zero-order valence-corrected chi connectivity index (χ0v) is 16.1. The van der Waals surface area contributed by atoms with E-state index >= 15 is 0 Å². The Hall–Kier alpha value is -2.25. The number of nitrogens with zero attached hydrogens (tertiary/aromatic N) is 1. The van der Waals surface area contributed by atoms with E-state index in [0.29, 0.717) is 18.1 Å². The van der Waals surface area contributed by atoms with Crippen molar-refractivity contribution >= 4 is 28.3 Å². The largest absolute Gasteiger partial charge is 0.356 e. The molecule has 1 aromatic heterocycles. The molecule has 0 radical (unpaired) electrons. The van der Waals surface area contributed by atoms with Gasteiger partial charge in [0.2, 0.25) is 11.8 Å². The molecule has 0 aliphatic rings. The molecule has 1 atom stereocenters. The monoisotopic (exact) mass is 374 g/mol. The van der Waals surface area contributed by atoms with E-state index in [1.807, 2.05) is 24.4 Å². The summed E-state index contributed by atoms with van der Waals surface area (Å²) in [5.74, 6) is -0.190. The highest BCUT2D eigenvalue weighted by molar-refractivity contribution is 7.14. The first-order valence-corrected chi connectivity index (χ1v) is 9.73. The van der Waals surface area contributed by atoms with Gasteiger partial charge in [-0.2, -0.15) is 0 Å². The Labute approximate surface area is 158 Å². The molecule has 0 spiro atoms. The van der Waals surface area contributed by atoms with Crippen LogP contribution in [-0.2, 0) is 16.0 Å². The minimum absolute atomic E-state index is 0.00225. The number of benzene rings is 1.